The Labute approximate surface area is 158 Å². The van der Waals surface area contributed by atoms with Gasteiger partial charge in [0, 0.05) is 13.1 Å². The smallest absolute Gasteiger partial charge is 0.237 e. The number of nitrogens with two attached hydrogens (primary N) is 2. The molecule has 1 aliphatic heterocycles. The summed E-state index contributed by atoms with van der Waals surface area (Å²) in [5.74, 6) is -0.293. The van der Waals surface area contributed by atoms with E-state index in [1.54, 1.807) is 7.05 Å². The Morgan fingerprint density at radius 2 is 1.92 bits per heavy atom. The van der Waals surface area contributed by atoms with Crippen LogP contribution in [0.5, 0.6) is 0 Å². The Bertz CT molecular complexity index is 662. The summed E-state index contributed by atoms with van der Waals surface area (Å²) in [4.78, 5) is 24.6. The van der Waals surface area contributed by atoms with E-state index in [9.17, 15) is 9.59 Å². The number of nitrogens with one attached hydrogen (secondary N) is 1. The minimum absolute atomic E-state index is 0.129. The summed E-state index contributed by atoms with van der Waals surface area (Å²) in [6.07, 6.45) is 2.13. The van der Waals surface area contributed by atoms with Gasteiger partial charge in [0.05, 0.1) is 11.4 Å². The van der Waals surface area contributed by atoms with Crippen molar-refractivity contribution in [2.75, 3.05) is 30.8 Å². The van der Waals surface area contributed by atoms with Gasteiger partial charge in [-0.05, 0) is 62.1 Å². The molecule has 0 aliphatic carbocycles. The predicted octanol–water partition coefficient (Wildman–Crippen LogP) is 1.83. The number of primary amides is 1. The third kappa shape index (κ3) is 4.05. The minimum Gasteiger partial charge on any atom is -0.432 e. The van der Waals surface area contributed by atoms with E-state index in [-0.39, 0.29) is 10.9 Å². The maximum absolute atomic E-state index is 11.8. The fourth-order valence-corrected chi connectivity index (χ4v) is 4.09. The molecule has 1 aromatic rings. The van der Waals surface area contributed by atoms with Crippen molar-refractivity contribution >= 4 is 25.6 Å². The number of likely N-dealkylation sites (N-methyl/N-ethyl adjacent to an activating group) is 1. The van der Waals surface area contributed by atoms with Crippen LogP contribution in [0.4, 0.5) is 11.4 Å². The Morgan fingerprint density at radius 3 is 2.38 bits per heavy atom. The quantitative estimate of drug-likeness (QED) is 0.446. The molecule has 2 rings (SSSR count). The first kappa shape index (κ1) is 20.7. The van der Waals surface area contributed by atoms with Crippen LogP contribution < -0.4 is 21.7 Å². The van der Waals surface area contributed by atoms with Crippen LogP contribution in [0.25, 0.3) is 0 Å². The molecule has 1 aliphatic rings. The van der Waals surface area contributed by atoms with Crippen LogP contribution in [0.1, 0.15) is 32.3 Å². The molecule has 0 saturated carbocycles. The van der Waals surface area contributed by atoms with Crippen molar-refractivity contribution in [3.63, 3.8) is 0 Å². The summed E-state index contributed by atoms with van der Waals surface area (Å²) in [6, 6.07) is 6.13. The fraction of sp³-hybridized carbons (Fsp3) is 0.632. The van der Waals surface area contributed by atoms with Crippen molar-refractivity contribution in [3.05, 3.63) is 23.8 Å². The van der Waals surface area contributed by atoms with Crippen molar-refractivity contribution in [1.29, 1.82) is 0 Å². The molecule has 1 aromatic carbocycles. The zero-order valence-electron chi connectivity index (χ0n) is 16.7. The highest BCUT2D eigenvalue weighted by Gasteiger charge is 2.40. The fourth-order valence-electron chi connectivity index (χ4n) is 3.45. The van der Waals surface area contributed by atoms with Gasteiger partial charge in [-0.2, -0.15) is 0 Å². The number of rotatable bonds is 6. The van der Waals surface area contributed by atoms with E-state index in [1.165, 1.54) is 5.56 Å². The normalized spacial score (nSPS) is 18.0. The minimum atomic E-state index is -2.28. The molecule has 6 N–H and O–H groups in total. The standard InChI is InChI=1S/C19H34N4O2Si/c1-18(2,26(4,5)25)13-14-6-7-15(20)16(12-14)23-10-8-19(22-3,9-11-23)17(21)24/h6-7,12,22,25H,8-11,13,20H2,1-5H3,(H2,21,24). The Morgan fingerprint density at radius 1 is 1.35 bits per heavy atom. The largest absolute Gasteiger partial charge is 0.432 e. The first-order valence-electron chi connectivity index (χ1n) is 9.26. The zero-order valence-corrected chi connectivity index (χ0v) is 17.7. The van der Waals surface area contributed by atoms with E-state index in [0.29, 0.717) is 12.8 Å². The van der Waals surface area contributed by atoms with Gasteiger partial charge < -0.3 is 26.5 Å². The Kier molecular flexibility index (Phi) is 5.75. The number of carbonyl (C=O) groups excluding carboxylic acids is 1. The van der Waals surface area contributed by atoms with E-state index in [0.717, 1.165) is 30.9 Å². The van der Waals surface area contributed by atoms with Gasteiger partial charge in [0.2, 0.25) is 5.91 Å². The highest BCUT2D eigenvalue weighted by Crippen LogP contribution is 2.40. The number of hydrogen-bond donors (Lipinski definition) is 4. The summed E-state index contributed by atoms with van der Waals surface area (Å²) in [5, 5.41) is 2.98. The second kappa shape index (κ2) is 7.21. The lowest BCUT2D eigenvalue weighted by atomic mass is 9.86. The lowest BCUT2D eigenvalue weighted by molar-refractivity contribution is -0.125. The lowest BCUT2D eigenvalue weighted by Gasteiger charge is -2.41. The molecular formula is C19H34N4O2Si. The number of anilines is 2. The molecule has 146 valence electrons. The summed E-state index contributed by atoms with van der Waals surface area (Å²) in [6.45, 7) is 9.67. The molecule has 26 heavy (non-hydrogen) atoms. The maximum Gasteiger partial charge on any atom is 0.237 e. The Hall–Kier alpha value is -1.57. The van der Waals surface area contributed by atoms with Crippen molar-refractivity contribution in [2.45, 2.75) is 56.8 Å². The molecule has 1 saturated heterocycles. The average Bonchev–Trinajstić information content (AvgIpc) is 2.55. The summed E-state index contributed by atoms with van der Waals surface area (Å²) < 4.78 is 0. The SMILES string of the molecule is CNC1(C(N)=O)CCN(c2cc(CC(C)(C)[Si](C)(C)O)ccc2N)CC1. The van der Waals surface area contributed by atoms with Gasteiger partial charge in [0.15, 0.2) is 8.32 Å². The van der Waals surface area contributed by atoms with Crippen LogP contribution in [0, 0.1) is 0 Å². The molecule has 0 aromatic heterocycles. The van der Waals surface area contributed by atoms with Gasteiger partial charge in [0.1, 0.15) is 5.54 Å². The van der Waals surface area contributed by atoms with Gasteiger partial charge >= 0.3 is 0 Å². The van der Waals surface area contributed by atoms with Gasteiger partial charge in [-0.1, -0.05) is 19.9 Å². The number of carbonyl (C=O) groups is 1. The van der Waals surface area contributed by atoms with Crippen LogP contribution >= 0.6 is 0 Å². The topological polar surface area (TPSA) is 105 Å². The molecule has 0 atom stereocenters. The number of hydrogen-bond acceptors (Lipinski definition) is 5. The van der Waals surface area contributed by atoms with Crippen molar-refractivity contribution < 1.29 is 9.59 Å². The van der Waals surface area contributed by atoms with Crippen LogP contribution in [0.3, 0.4) is 0 Å². The van der Waals surface area contributed by atoms with Crippen molar-refractivity contribution in [3.8, 4) is 0 Å². The van der Waals surface area contributed by atoms with E-state index in [4.69, 9.17) is 11.5 Å². The van der Waals surface area contributed by atoms with E-state index >= 15 is 0 Å². The van der Waals surface area contributed by atoms with E-state index in [2.05, 4.69) is 30.1 Å². The number of piperidine rings is 1. The van der Waals surface area contributed by atoms with Crippen LogP contribution in [0.15, 0.2) is 18.2 Å². The summed E-state index contributed by atoms with van der Waals surface area (Å²) in [5.41, 5.74) is 14.1. The number of amides is 1. The van der Waals surface area contributed by atoms with E-state index in [1.807, 2.05) is 25.2 Å². The lowest BCUT2D eigenvalue weighted by Crippen LogP contribution is -2.59. The maximum atomic E-state index is 11.8. The molecule has 1 amide bonds. The predicted molar refractivity (Wildman–Crippen MR) is 111 cm³/mol. The first-order valence-corrected chi connectivity index (χ1v) is 12.2. The zero-order chi connectivity index (χ0) is 19.8. The second-order valence-electron chi connectivity index (χ2n) is 8.70. The molecule has 1 heterocycles. The second-order valence-corrected chi connectivity index (χ2v) is 13.2. The third-order valence-corrected chi connectivity index (χ3v) is 9.79. The average molecular weight is 379 g/mol. The molecule has 7 heteroatoms. The number of nitrogens with zero attached hydrogens (tertiary/aromatic N) is 1. The molecule has 0 radical (unpaired) electrons. The van der Waals surface area contributed by atoms with Crippen molar-refractivity contribution in [1.82, 2.24) is 5.32 Å². The first-order chi connectivity index (χ1) is 11.9. The molecule has 0 bridgehead atoms. The van der Waals surface area contributed by atoms with Crippen LogP contribution in [0.2, 0.25) is 18.1 Å². The van der Waals surface area contributed by atoms with Gasteiger partial charge in [-0.15, -0.1) is 0 Å². The van der Waals surface area contributed by atoms with Crippen LogP contribution in [-0.2, 0) is 11.2 Å². The molecule has 0 spiro atoms. The van der Waals surface area contributed by atoms with E-state index < -0.39 is 13.9 Å². The third-order valence-electron chi connectivity index (χ3n) is 6.31. The monoisotopic (exact) mass is 378 g/mol. The van der Waals surface area contributed by atoms with Gasteiger partial charge in [-0.3, -0.25) is 4.79 Å². The van der Waals surface area contributed by atoms with Gasteiger partial charge in [0.25, 0.3) is 0 Å². The van der Waals surface area contributed by atoms with Crippen LogP contribution in [-0.4, -0.2) is 44.7 Å². The summed E-state index contributed by atoms with van der Waals surface area (Å²) >= 11 is 0. The molecule has 0 unspecified atom stereocenters. The number of benzene rings is 1. The molecular weight excluding hydrogens is 344 g/mol. The highest BCUT2D eigenvalue weighted by atomic mass is 28.4. The molecule has 1 fully saturated rings. The van der Waals surface area contributed by atoms with Crippen molar-refractivity contribution in [2.24, 2.45) is 5.73 Å². The number of nitrogen functional groups attached to an aromatic ring is 1. The highest BCUT2D eigenvalue weighted by molar-refractivity contribution is 6.72. The summed E-state index contributed by atoms with van der Waals surface area (Å²) in [7, 11) is -0.490. The Balaban J connectivity index is 2.20. The molecule has 6 nitrogen and oxygen atoms in total. The van der Waals surface area contributed by atoms with Gasteiger partial charge in [-0.25, -0.2) is 0 Å².